The molecule has 2 aliphatic rings. The van der Waals surface area contributed by atoms with Crippen molar-refractivity contribution in [1.29, 1.82) is 0 Å². The number of nitrogens with two attached hydrogens (primary N) is 1. The normalized spacial score (nSPS) is 48.9. The van der Waals surface area contributed by atoms with Gasteiger partial charge in [-0.25, -0.2) is 0 Å². The summed E-state index contributed by atoms with van der Waals surface area (Å²) in [6, 6.07) is 0.621. The van der Waals surface area contributed by atoms with Gasteiger partial charge in [-0.1, -0.05) is 13.8 Å². The quantitative estimate of drug-likeness (QED) is 0.642. The summed E-state index contributed by atoms with van der Waals surface area (Å²) < 4.78 is 0. The van der Waals surface area contributed by atoms with E-state index in [9.17, 15) is 5.11 Å². The van der Waals surface area contributed by atoms with Crippen LogP contribution < -0.4 is 5.73 Å². The van der Waals surface area contributed by atoms with Gasteiger partial charge in [0.1, 0.15) is 0 Å². The van der Waals surface area contributed by atoms with Crippen molar-refractivity contribution in [3.63, 3.8) is 0 Å². The lowest BCUT2D eigenvalue weighted by atomic mass is 9.66. The maximum absolute atomic E-state index is 9.74. The van der Waals surface area contributed by atoms with Gasteiger partial charge in [0, 0.05) is 24.0 Å². The number of hydrogen-bond acceptors (Lipinski definition) is 3. The van der Waals surface area contributed by atoms with Crippen LogP contribution in [0.3, 0.4) is 0 Å². The average molecular weight is 198 g/mol. The second-order valence-electron chi connectivity index (χ2n) is 5.61. The molecule has 3 heteroatoms. The Kier molecular flexibility index (Phi) is 2.37. The minimum absolute atomic E-state index is 0.00458. The molecule has 2 unspecified atom stereocenters. The summed E-state index contributed by atoms with van der Waals surface area (Å²) in [4.78, 5) is 2.40. The summed E-state index contributed by atoms with van der Waals surface area (Å²) in [7, 11) is 2.17. The molecule has 1 aliphatic carbocycles. The standard InChI is InChI=1S/C11H22N2O/c1-7(2)10-11(6-13(10)3)4-8(12)9(14)5-11/h7-10,14H,4-6,12H2,1-3H3/t8-,9-,10?,11?/m1/s1. The first-order valence-corrected chi connectivity index (χ1v) is 5.60. The minimum Gasteiger partial charge on any atom is -0.391 e. The van der Waals surface area contributed by atoms with Crippen molar-refractivity contribution in [2.24, 2.45) is 17.1 Å². The number of rotatable bonds is 1. The zero-order valence-electron chi connectivity index (χ0n) is 9.40. The summed E-state index contributed by atoms with van der Waals surface area (Å²) in [5.74, 6) is 0.659. The van der Waals surface area contributed by atoms with Crippen LogP contribution in [-0.4, -0.2) is 41.8 Å². The highest BCUT2D eigenvalue weighted by Crippen LogP contribution is 2.51. The van der Waals surface area contributed by atoms with Gasteiger partial charge in [0.25, 0.3) is 0 Å². The van der Waals surface area contributed by atoms with E-state index in [4.69, 9.17) is 5.73 Å². The van der Waals surface area contributed by atoms with E-state index >= 15 is 0 Å². The third kappa shape index (κ3) is 1.30. The van der Waals surface area contributed by atoms with E-state index in [2.05, 4.69) is 25.8 Å². The molecule has 0 aromatic rings. The Morgan fingerprint density at radius 2 is 2.07 bits per heavy atom. The van der Waals surface area contributed by atoms with Crippen LogP contribution in [0.4, 0.5) is 0 Å². The van der Waals surface area contributed by atoms with E-state index < -0.39 is 0 Å². The smallest absolute Gasteiger partial charge is 0.0697 e. The number of aliphatic hydroxyl groups is 1. The molecule has 3 N–H and O–H groups in total. The maximum atomic E-state index is 9.74. The van der Waals surface area contributed by atoms with Gasteiger partial charge in [-0.3, -0.25) is 0 Å². The lowest BCUT2D eigenvalue weighted by Gasteiger charge is -2.57. The van der Waals surface area contributed by atoms with Crippen molar-refractivity contribution < 1.29 is 5.11 Å². The predicted molar refractivity (Wildman–Crippen MR) is 56.9 cm³/mol. The first kappa shape index (κ1) is 10.4. The molecular formula is C11H22N2O. The van der Waals surface area contributed by atoms with E-state index in [1.54, 1.807) is 0 Å². The van der Waals surface area contributed by atoms with E-state index in [-0.39, 0.29) is 12.1 Å². The van der Waals surface area contributed by atoms with E-state index in [1.165, 1.54) is 0 Å². The molecule has 82 valence electrons. The Hall–Kier alpha value is -0.120. The number of likely N-dealkylation sites (tertiary alicyclic amines) is 1. The van der Waals surface area contributed by atoms with Crippen LogP contribution in [0.1, 0.15) is 26.7 Å². The molecular weight excluding hydrogens is 176 g/mol. The molecule has 14 heavy (non-hydrogen) atoms. The van der Waals surface area contributed by atoms with Gasteiger partial charge in [0.2, 0.25) is 0 Å². The Morgan fingerprint density at radius 1 is 1.43 bits per heavy atom. The van der Waals surface area contributed by atoms with Crippen LogP contribution in [0.5, 0.6) is 0 Å². The molecule has 1 aliphatic heterocycles. The Morgan fingerprint density at radius 3 is 2.43 bits per heavy atom. The highest BCUT2D eigenvalue weighted by atomic mass is 16.3. The number of hydrogen-bond donors (Lipinski definition) is 2. The molecule has 4 atom stereocenters. The average Bonchev–Trinajstić information content (AvgIpc) is 2.26. The van der Waals surface area contributed by atoms with Gasteiger partial charge in [0.15, 0.2) is 0 Å². The Bertz CT molecular complexity index is 215. The molecule has 0 radical (unpaired) electrons. The van der Waals surface area contributed by atoms with Gasteiger partial charge in [-0.2, -0.15) is 0 Å². The predicted octanol–water partition coefficient (Wildman–Crippen LogP) is 0.425. The zero-order valence-corrected chi connectivity index (χ0v) is 9.40. The van der Waals surface area contributed by atoms with Crippen LogP contribution >= 0.6 is 0 Å². The summed E-state index contributed by atoms with van der Waals surface area (Å²) in [5, 5.41) is 9.74. The minimum atomic E-state index is -0.273. The highest BCUT2D eigenvalue weighted by molar-refractivity contribution is 5.11. The first-order chi connectivity index (χ1) is 6.46. The van der Waals surface area contributed by atoms with Gasteiger partial charge in [0.05, 0.1) is 6.10 Å². The van der Waals surface area contributed by atoms with Crippen LogP contribution in [-0.2, 0) is 0 Å². The first-order valence-electron chi connectivity index (χ1n) is 5.60. The van der Waals surface area contributed by atoms with Gasteiger partial charge in [-0.05, 0) is 25.8 Å². The Balaban J connectivity index is 2.12. The lowest BCUT2D eigenvalue weighted by Crippen LogP contribution is -2.64. The van der Waals surface area contributed by atoms with Crippen molar-refractivity contribution >= 4 is 0 Å². The molecule has 2 fully saturated rings. The van der Waals surface area contributed by atoms with Crippen molar-refractivity contribution in [3.8, 4) is 0 Å². The van der Waals surface area contributed by atoms with Crippen molar-refractivity contribution in [2.75, 3.05) is 13.6 Å². The molecule has 3 nitrogen and oxygen atoms in total. The molecule has 1 saturated heterocycles. The van der Waals surface area contributed by atoms with E-state index in [0.717, 1.165) is 19.4 Å². The largest absolute Gasteiger partial charge is 0.391 e. The summed E-state index contributed by atoms with van der Waals surface area (Å²) >= 11 is 0. The second kappa shape index (κ2) is 3.19. The van der Waals surface area contributed by atoms with Crippen molar-refractivity contribution in [1.82, 2.24) is 4.90 Å². The van der Waals surface area contributed by atoms with E-state index in [0.29, 0.717) is 17.4 Å². The highest BCUT2D eigenvalue weighted by Gasteiger charge is 2.57. The maximum Gasteiger partial charge on any atom is 0.0697 e. The SMILES string of the molecule is CC(C)C1N(C)CC12C[C@@H](N)[C@H](O)C2. The topological polar surface area (TPSA) is 49.5 Å². The molecule has 1 saturated carbocycles. The molecule has 0 aromatic heterocycles. The molecule has 1 spiro atoms. The second-order valence-corrected chi connectivity index (χ2v) is 5.61. The van der Waals surface area contributed by atoms with E-state index in [1.807, 2.05) is 0 Å². The molecule has 2 rings (SSSR count). The molecule has 0 amide bonds. The van der Waals surface area contributed by atoms with Crippen LogP contribution in [0, 0.1) is 11.3 Å². The fourth-order valence-corrected chi connectivity index (χ4v) is 3.89. The van der Waals surface area contributed by atoms with Crippen LogP contribution in [0.2, 0.25) is 0 Å². The van der Waals surface area contributed by atoms with Crippen molar-refractivity contribution in [2.45, 2.75) is 44.9 Å². The number of aliphatic hydroxyl groups excluding tert-OH is 1. The van der Waals surface area contributed by atoms with Gasteiger partial charge >= 0.3 is 0 Å². The van der Waals surface area contributed by atoms with Crippen molar-refractivity contribution in [3.05, 3.63) is 0 Å². The molecule has 0 aromatic carbocycles. The fraction of sp³-hybridized carbons (Fsp3) is 1.00. The summed E-state index contributed by atoms with van der Waals surface area (Å²) in [5.41, 5.74) is 6.22. The lowest BCUT2D eigenvalue weighted by molar-refractivity contribution is -0.0826. The Labute approximate surface area is 86.3 Å². The molecule has 1 heterocycles. The number of nitrogens with zero attached hydrogens (tertiary/aromatic N) is 1. The fourth-order valence-electron chi connectivity index (χ4n) is 3.89. The zero-order chi connectivity index (χ0) is 10.5. The summed E-state index contributed by atoms with van der Waals surface area (Å²) in [6.07, 6.45) is 1.63. The third-order valence-electron chi connectivity index (χ3n) is 4.05. The third-order valence-corrected chi connectivity index (χ3v) is 4.05. The molecule has 0 bridgehead atoms. The van der Waals surface area contributed by atoms with Crippen LogP contribution in [0.25, 0.3) is 0 Å². The van der Waals surface area contributed by atoms with Gasteiger partial charge < -0.3 is 15.7 Å². The van der Waals surface area contributed by atoms with Crippen LogP contribution in [0.15, 0.2) is 0 Å². The monoisotopic (exact) mass is 198 g/mol. The summed E-state index contributed by atoms with van der Waals surface area (Å²) in [6.45, 7) is 5.64. The van der Waals surface area contributed by atoms with Gasteiger partial charge in [-0.15, -0.1) is 0 Å².